The second-order valence-corrected chi connectivity index (χ2v) is 11.5. The number of halogens is 2. The molecule has 0 saturated heterocycles. The molecule has 0 atom stereocenters. The van der Waals surface area contributed by atoms with Gasteiger partial charge < -0.3 is 4.90 Å². The zero-order chi connectivity index (χ0) is 25.6. The minimum atomic E-state index is -0.443. The van der Waals surface area contributed by atoms with Crippen molar-refractivity contribution in [2.75, 3.05) is 4.90 Å². The van der Waals surface area contributed by atoms with Gasteiger partial charge in [0.25, 0.3) is 0 Å². The van der Waals surface area contributed by atoms with E-state index in [1.165, 1.54) is 44.9 Å². The Balaban J connectivity index is 1.30. The van der Waals surface area contributed by atoms with Crippen molar-refractivity contribution in [1.82, 2.24) is 0 Å². The van der Waals surface area contributed by atoms with Crippen molar-refractivity contribution in [3.63, 3.8) is 0 Å². The lowest BCUT2D eigenvalue weighted by Crippen LogP contribution is -2.26. The SMILES string of the molecule is CCC1CCC(C2CCC(c3cc(F)c(N(Cc4ccccc4)Cc4ccccc4)c(F)c3)CC2)CC1. The maximum atomic E-state index is 15.7. The molecule has 0 N–H and O–H groups in total. The first-order chi connectivity index (χ1) is 18.1. The monoisotopic (exact) mass is 501 g/mol. The third-order valence-corrected chi connectivity index (χ3v) is 9.17. The van der Waals surface area contributed by atoms with Crippen molar-refractivity contribution in [3.8, 4) is 0 Å². The van der Waals surface area contributed by atoms with Gasteiger partial charge in [0, 0.05) is 13.1 Å². The second-order valence-electron chi connectivity index (χ2n) is 11.5. The first-order valence-corrected chi connectivity index (χ1v) is 14.4. The molecular weight excluding hydrogens is 460 g/mol. The molecule has 2 saturated carbocycles. The van der Waals surface area contributed by atoms with Crippen molar-refractivity contribution in [2.45, 2.75) is 83.7 Å². The lowest BCUT2D eigenvalue weighted by atomic mass is 9.68. The largest absolute Gasteiger partial charge is 0.358 e. The van der Waals surface area contributed by atoms with Crippen molar-refractivity contribution >= 4 is 5.69 Å². The van der Waals surface area contributed by atoms with Crippen LogP contribution in [0, 0.1) is 29.4 Å². The van der Waals surface area contributed by atoms with Crippen LogP contribution in [0.3, 0.4) is 0 Å². The van der Waals surface area contributed by atoms with E-state index in [0.29, 0.717) is 13.1 Å². The molecule has 2 aliphatic carbocycles. The summed E-state index contributed by atoms with van der Waals surface area (Å²) >= 11 is 0. The van der Waals surface area contributed by atoms with E-state index in [1.807, 2.05) is 65.6 Å². The molecule has 0 heterocycles. The summed E-state index contributed by atoms with van der Waals surface area (Å²) in [7, 11) is 0. The van der Waals surface area contributed by atoms with E-state index in [1.54, 1.807) is 12.1 Å². The molecule has 0 spiro atoms. The summed E-state index contributed by atoms with van der Waals surface area (Å²) in [5.74, 6) is 1.97. The topological polar surface area (TPSA) is 3.24 Å². The van der Waals surface area contributed by atoms with Crippen LogP contribution in [0.15, 0.2) is 72.8 Å². The maximum Gasteiger partial charge on any atom is 0.149 e. The van der Waals surface area contributed by atoms with Crippen LogP contribution in [0.1, 0.15) is 87.3 Å². The molecule has 0 aliphatic heterocycles. The highest BCUT2D eigenvalue weighted by Crippen LogP contribution is 2.45. The van der Waals surface area contributed by atoms with Crippen molar-refractivity contribution in [1.29, 1.82) is 0 Å². The second kappa shape index (κ2) is 12.2. The van der Waals surface area contributed by atoms with Crippen molar-refractivity contribution in [2.24, 2.45) is 17.8 Å². The van der Waals surface area contributed by atoms with E-state index >= 15 is 8.78 Å². The van der Waals surface area contributed by atoms with Crippen LogP contribution >= 0.6 is 0 Å². The lowest BCUT2D eigenvalue weighted by molar-refractivity contribution is 0.158. The molecule has 0 amide bonds. The fourth-order valence-electron chi connectivity index (χ4n) is 6.94. The first-order valence-electron chi connectivity index (χ1n) is 14.4. The molecule has 3 heteroatoms. The molecule has 3 aromatic rings. The standard InChI is InChI=1S/C34H41F2N/c1-2-25-13-15-28(16-14-25)29-17-19-30(20-18-29)31-21-32(35)34(33(36)22-31)37(23-26-9-5-3-6-10-26)24-27-11-7-4-8-12-27/h3-12,21-22,25,28-30H,2,13-20,23-24H2,1H3. The Morgan fingerprint density at radius 2 is 1.11 bits per heavy atom. The molecule has 0 bridgehead atoms. The quantitative estimate of drug-likeness (QED) is 0.297. The van der Waals surface area contributed by atoms with Crippen LogP contribution in [0.5, 0.6) is 0 Å². The van der Waals surface area contributed by atoms with Gasteiger partial charge >= 0.3 is 0 Å². The molecule has 5 rings (SSSR count). The minimum Gasteiger partial charge on any atom is -0.358 e. The van der Waals surface area contributed by atoms with E-state index in [4.69, 9.17) is 0 Å². The van der Waals surface area contributed by atoms with E-state index in [9.17, 15) is 0 Å². The fourth-order valence-corrected chi connectivity index (χ4v) is 6.94. The summed E-state index contributed by atoms with van der Waals surface area (Å²) in [5, 5.41) is 0. The van der Waals surface area contributed by atoms with Crippen LogP contribution in [0.2, 0.25) is 0 Å². The summed E-state index contributed by atoms with van der Waals surface area (Å²) in [6.07, 6.45) is 11.4. The molecule has 0 unspecified atom stereocenters. The maximum absolute atomic E-state index is 15.7. The number of benzene rings is 3. The smallest absolute Gasteiger partial charge is 0.149 e. The van der Waals surface area contributed by atoms with Gasteiger partial charge in [-0.1, -0.05) is 86.8 Å². The average Bonchev–Trinajstić information content (AvgIpc) is 2.94. The Hall–Kier alpha value is -2.68. The summed E-state index contributed by atoms with van der Waals surface area (Å²) in [5.41, 5.74) is 2.99. The van der Waals surface area contributed by atoms with E-state index in [2.05, 4.69) is 6.92 Å². The molecule has 0 radical (unpaired) electrons. The number of nitrogens with zero attached hydrogens (tertiary/aromatic N) is 1. The van der Waals surface area contributed by atoms with E-state index < -0.39 is 11.6 Å². The Morgan fingerprint density at radius 3 is 1.57 bits per heavy atom. The zero-order valence-electron chi connectivity index (χ0n) is 22.2. The zero-order valence-corrected chi connectivity index (χ0v) is 22.2. The van der Waals surface area contributed by atoms with Gasteiger partial charge in [-0.25, -0.2) is 8.78 Å². The molecule has 2 fully saturated rings. The van der Waals surface area contributed by atoms with Crippen molar-refractivity contribution < 1.29 is 8.78 Å². The van der Waals surface area contributed by atoms with Gasteiger partial charge in [-0.15, -0.1) is 0 Å². The van der Waals surface area contributed by atoms with Crippen LogP contribution in [0.4, 0.5) is 14.5 Å². The van der Waals surface area contributed by atoms with Gasteiger partial charge in [0.15, 0.2) is 0 Å². The number of rotatable bonds is 8. The third kappa shape index (κ3) is 6.43. The minimum absolute atomic E-state index is 0.0813. The fraction of sp³-hybridized carbons (Fsp3) is 0.471. The Morgan fingerprint density at radius 1 is 0.649 bits per heavy atom. The van der Waals surface area contributed by atoms with Crippen molar-refractivity contribution in [3.05, 3.63) is 101 Å². The van der Waals surface area contributed by atoms with Gasteiger partial charge in [0.1, 0.15) is 17.3 Å². The molecule has 0 aromatic heterocycles. The van der Waals surface area contributed by atoms with E-state index in [-0.39, 0.29) is 11.6 Å². The highest BCUT2D eigenvalue weighted by molar-refractivity contribution is 5.52. The molecule has 3 aromatic carbocycles. The summed E-state index contributed by atoms with van der Waals surface area (Å²) < 4.78 is 31.4. The predicted molar refractivity (Wildman–Crippen MR) is 150 cm³/mol. The Labute approximate surface area is 221 Å². The van der Waals surface area contributed by atoms with Gasteiger partial charge in [0.05, 0.1) is 0 Å². The van der Waals surface area contributed by atoms with Crippen LogP contribution in [-0.4, -0.2) is 0 Å². The van der Waals surface area contributed by atoms with Crippen LogP contribution in [0.25, 0.3) is 0 Å². The Bertz CT molecular complexity index is 1050. The molecule has 1 nitrogen and oxygen atoms in total. The van der Waals surface area contributed by atoms with E-state index in [0.717, 1.165) is 47.3 Å². The van der Waals surface area contributed by atoms with Crippen LogP contribution in [-0.2, 0) is 13.1 Å². The number of hydrogen-bond acceptors (Lipinski definition) is 1. The molecule has 37 heavy (non-hydrogen) atoms. The van der Waals surface area contributed by atoms with Gasteiger partial charge in [0.2, 0.25) is 0 Å². The third-order valence-electron chi connectivity index (χ3n) is 9.17. The van der Waals surface area contributed by atoms with Crippen LogP contribution < -0.4 is 4.90 Å². The summed E-state index contributed by atoms with van der Waals surface area (Å²) in [4.78, 5) is 1.84. The Kier molecular flexibility index (Phi) is 8.59. The first kappa shape index (κ1) is 25.9. The summed E-state index contributed by atoms with van der Waals surface area (Å²) in [6, 6.07) is 23.1. The lowest BCUT2D eigenvalue weighted by Gasteiger charge is -2.38. The molecule has 196 valence electrons. The average molecular weight is 502 g/mol. The highest BCUT2D eigenvalue weighted by atomic mass is 19.1. The summed E-state index contributed by atoms with van der Waals surface area (Å²) in [6.45, 7) is 3.23. The molecular formula is C34H41F2N. The number of hydrogen-bond donors (Lipinski definition) is 0. The molecule has 2 aliphatic rings. The predicted octanol–water partition coefficient (Wildman–Crippen LogP) is 9.66. The van der Waals surface area contributed by atoms with Gasteiger partial charge in [-0.2, -0.15) is 0 Å². The van der Waals surface area contributed by atoms with Gasteiger partial charge in [-0.3, -0.25) is 0 Å². The number of anilines is 1. The van der Waals surface area contributed by atoms with Gasteiger partial charge in [-0.05, 0) is 91.0 Å². The normalized spacial score (nSPS) is 24.1. The highest BCUT2D eigenvalue weighted by Gasteiger charge is 2.31.